The molecule has 0 amide bonds. The molecule has 0 heterocycles. The first-order chi connectivity index (χ1) is 7.63. The maximum absolute atomic E-state index is 5.59. The number of hydrogen-bond donors (Lipinski definition) is 1. The van der Waals surface area contributed by atoms with Crippen LogP contribution in [0.25, 0.3) is 0 Å². The molecule has 1 atom stereocenters. The van der Waals surface area contributed by atoms with Gasteiger partial charge in [0.25, 0.3) is 0 Å². The molecular weight excluding hydrogens is 214 g/mol. The van der Waals surface area contributed by atoms with Crippen LogP contribution in [0.3, 0.4) is 0 Å². The van der Waals surface area contributed by atoms with Crippen LogP contribution in [0.1, 0.15) is 37.8 Å². The lowest BCUT2D eigenvalue weighted by atomic mass is 10.0. The highest BCUT2D eigenvalue weighted by molar-refractivity contribution is 7.98. The van der Waals surface area contributed by atoms with E-state index >= 15 is 0 Å². The fourth-order valence-corrected chi connectivity index (χ4v) is 2.53. The van der Waals surface area contributed by atoms with Crippen LogP contribution in [-0.4, -0.2) is 12.3 Å². The zero-order valence-electron chi connectivity index (χ0n) is 10.6. The molecule has 2 N–H and O–H groups in total. The van der Waals surface area contributed by atoms with Gasteiger partial charge in [-0.15, -0.1) is 0 Å². The molecule has 0 fully saturated rings. The number of nitrogens with two attached hydrogens (primary N) is 1. The number of benzene rings is 1. The quantitative estimate of drug-likeness (QED) is 0.817. The summed E-state index contributed by atoms with van der Waals surface area (Å²) in [7, 11) is 0. The Kier molecular flexibility index (Phi) is 5.93. The Morgan fingerprint density at radius 2 is 1.75 bits per heavy atom. The molecule has 0 aliphatic carbocycles. The van der Waals surface area contributed by atoms with Gasteiger partial charge in [0, 0.05) is 5.75 Å². The number of hydrogen-bond acceptors (Lipinski definition) is 2. The first-order valence-electron chi connectivity index (χ1n) is 6.00. The molecule has 0 aliphatic rings. The Bertz CT molecular complexity index is 292. The van der Waals surface area contributed by atoms with Crippen LogP contribution >= 0.6 is 11.8 Å². The Morgan fingerprint density at radius 3 is 2.25 bits per heavy atom. The van der Waals surface area contributed by atoms with E-state index in [1.807, 2.05) is 11.8 Å². The van der Waals surface area contributed by atoms with Crippen molar-refractivity contribution >= 4 is 11.8 Å². The minimum Gasteiger partial charge on any atom is -0.330 e. The van der Waals surface area contributed by atoms with Crippen LogP contribution in [0.15, 0.2) is 24.3 Å². The normalized spacial score (nSPS) is 13.1. The molecule has 1 aromatic carbocycles. The van der Waals surface area contributed by atoms with Gasteiger partial charge in [0.15, 0.2) is 0 Å². The SMILES string of the molecule is CC(CN)CSCc1ccc(C(C)C)cc1. The third kappa shape index (κ3) is 4.58. The predicted octanol–water partition coefficient (Wildman–Crippen LogP) is 3.64. The lowest BCUT2D eigenvalue weighted by Gasteiger charge is -2.09. The Morgan fingerprint density at radius 1 is 1.12 bits per heavy atom. The lowest BCUT2D eigenvalue weighted by Crippen LogP contribution is -2.12. The van der Waals surface area contributed by atoms with Crippen LogP contribution in [-0.2, 0) is 5.75 Å². The second-order valence-electron chi connectivity index (χ2n) is 4.75. The van der Waals surface area contributed by atoms with E-state index in [4.69, 9.17) is 5.73 Å². The van der Waals surface area contributed by atoms with E-state index in [2.05, 4.69) is 45.0 Å². The fourth-order valence-electron chi connectivity index (χ4n) is 1.44. The third-order valence-corrected chi connectivity index (χ3v) is 4.06. The van der Waals surface area contributed by atoms with Crippen LogP contribution < -0.4 is 5.73 Å². The van der Waals surface area contributed by atoms with Crippen LogP contribution in [0.4, 0.5) is 0 Å². The smallest absolute Gasteiger partial charge is 0.0184 e. The molecule has 0 saturated carbocycles. The molecule has 16 heavy (non-hydrogen) atoms. The molecule has 0 saturated heterocycles. The lowest BCUT2D eigenvalue weighted by molar-refractivity contribution is 0.675. The summed E-state index contributed by atoms with van der Waals surface area (Å²) in [4.78, 5) is 0. The summed E-state index contributed by atoms with van der Waals surface area (Å²) in [5, 5.41) is 0. The van der Waals surface area contributed by atoms with E-state index in [1.54, 1.807) is 0 Å². The molecule has 90 valence electrons. The summed E-state index contributed by atoms with van der Waals surface area (Å²) in [6.07, 6.45) is 0. The highest BCUT2D eigenvalue weighted by Crippen LogP contribution is 2.18. The van der Waals surface area contributed by atoms with Crippen molar-refractivity contribution < 1.29 is 0 Å². The summed E-state index contributed by atoms with van der Waals surface area (Å²) in [6, 6.07) is 8.98. The summed E-state index contributed by atoms with van der Waals surface area (Å²) < 4.78 is 0. The van der Waals surface area contributed by atoms with E-state index in [9.17, 15) is 0 Å². The highest BCUT2D eigenvalue weighted by atomic mass is 32.2. The Labute approximate surface area is 104 Å². The van der Waals surface area contributed by atoms with E-state index in [1.165, 1.54) is 11.1 Å². The van der Waals surface area contributed by atoms with E-state index in [-0.39, 0.29) is 0 Å². The summed E-state index contributed by atoms with van der Waals surface area (Å²) in [5.41, 5.74) is 8.43. The van der Waals surface area contributed by atoms with E-state index < -0.39 is 0 Å². The number of rotatable bonds is 6. The molecule has 1 nitrogen and oxygen atoms in total. The standard InChI is InChI=1S/C14H23NS/c1-11(2)14-6-4-13(5-7-14)10-16-9-12(3)8-15/h4-7,11-12H,8-10,15H2,1-3H3. The molecule has 1 rings (SSSR count). The van der Waals surface area contributed by atoms with Gasteiger partial charge in [-0.2, -0.15) is 11.8 Å². The largest absolute Gasteiger partial charge is 0.330 e. The Hall–Kier alpha value is -0.470. The first kappa shape index (κ1) is 13.6. The van der Waals surface area contributed by atoms with Gasteiger partial charge in [-0.3, -0.25) is 0 Å². The second kappa shape index (κ2) is 6.97. The summed E-state index contributed by atoms with van der Waals surface area (Å²) in [5.74, 6) is 3.50. The monoisotopic (exact) mass is 237 g/mol. The van der Waals surface area contributed by atoms with Crippen molar-refractivity contribution in [3.05, 3.63) is 35.4 Å². The summed E-state index contributed by atoms with van der Waals surface area (Å²) >= 11 is 1.97. The Balaban J connectivity index is 2.38. The average Bonchev–Trinajstić information content (AvgIpc) is 2.29. The number of thioether (sulfide) groups is 1. The molecule has 0 spiro atoms. The van der Waals surface area contributed by atoms with Crippen molar-refractivity contribution in [2.45, 2.75) is 32.4 Å². The molecular formula is C14H23NS. The zero-order chi connectivity index (χ0) is 12.0. The predicted molar refractivity (Wildman–Crippen MR) is 74.9 cm³/mol. The van der Waals surface area contributed by atoms with Gasteiger partial charge in [0.05, 0.1) is 0 Å². The molecule has 0 radical (unpaired) electrons. The van der Waals surface area contributed by atoms with Crippen LogP contribution in [0.2, 0.25) is 0 Å². The van der Waals surface area contributed by atoms with E-state index in [0.717, 1.165) is 18.1 Å². The topological polar surface area (TPSA) is 26.0 Å². The molecule has 1 aromatic rings. The summed E-state index contributed by atoms with van der Waals surface area (Å²) in [6.45, 7) is 7.45. The minimum absolute atomic E-state index is 0.624. The van der Waals surface area contributed by atoms with Crippen LogP contribution in [0.5, 0.6) is 0 Å². The second-order valence-corrected chi connectivity index (χ2v) is 5.78. The third-order valence-electron chi connectivity index (χ3n) is 2.72. The van der Waals surface area contributed by atoms with Crippen molar-refractivity contribution in [3.63, 3.8) is 0 Å². The van der Waals surface area contributed by atoms with Crippen molar-refractivity contribution in [1.82, 2.24) is 0 Å². The average molecular weight is 237 g/mol. The molecule has 0 bridgehead atoms. The van der Waals surface area contributed by atoms with Crippen molar-refractivity contribution in [3.8, 4) is 0 Å². The van der Waals surface area contributed by atoms with Gasteiger partial charge in [0.2, 0.25) is 0 Å². The molecule has 1 unspecified atom stereocenters. The van der Waals surface area contributed by atoms with Gasteiger partial charge in [-0.05, 0) is 35.3 Å². The first-order valence-corrected chi connectivity index (χ1v) is 7.15. The maximum Gasteiger partial charge on any atom is 0.0184 e. The van der Waals surface area contributed by atoms with Gasteiger partial charge in [-0.25, -0.2) is 0 Å². The van der Waals surface area contributed by atoms with Crippen LogP contribution in [0, 0.1) is 5.92 Å². The molecule has 2 heteroatoms. The van der Waals surface area contributed by atoms with Gasteiger partial charge in [0.1, 0.15) is 0 Å². The van der Waals surface area contributed by atoms with E-state index in [0.29, 0.717) is 11.8 Å². The van der Waals surface area contributed by atoms with Gasteiger partial charge in [-0.1, -0.05) is 45.0 Å². The highest BCUT2D eigenvalue weighted by Gasteiger charge is 2.01. The molecule has 0 aromatic heterocycles. The maximum atomic E-state index is 5.59. The van der Waals surface area contributed by atoms with Gasteiger partial charge >= 0.3 is 0 Å². The van der Waals surface area contributed by atoms with Crippen molar-refractivity contribution in [2.75, 3.05) is 12.3 Å². The van der Waals surface area contributed by atoms with Crippen molar-refractivity contribution in [1.29, 1.82) is 0 Å². The fraction of sp³-hybridized carbons (Fsp3) is 0.571. The molecule has 0 aliphatic heterocycles. The zero-order valence-corrected chi connectivity index (χ0v) is 11.4. The van der Waals surface area contributed by atoms with Gasteiger partial charge < -0.3 is 5.73 Å². The minimum atomic E-state index is 0.624. The van der Waals surface area contributed by atoms with Crippen molar-refractivity contribution in [2.24, 2.45) is 11.7 Å².